The molecule has 1 aromatic rings. The molecule has 1 aliphatic rings. The van der Waals surface area contributed by atoms with Crippen molar-refractivity contribution in [2.75, 3.05) is 0 Å². The fourth-order valence-electron chi connectivity index (χ4n) is 2.36. The maximum absolute atomic E-state index is 12.2. The second-order valence-corrected chi connectivity index (χ2v) is 7.34. The second kappa shape index (κ2) is 7.00. The monoisotopic (exact) mass is 354 g/mol. The van der Waals surface area contributed by atoms with Gasteiger partial charge >= 0.3 is 0 Å². The molecule has 0 bridgehead atoms. The summed E-state index contributed by atoms with van der Waals surface area (Å²) in [5.74, 6) is -2.13. The van der Waals surface area contributed by atoms with Crippen molar-refractivity contribution >= 4 is 39.0 Å². The van der Waals surface area contributed by atoms with Gasteiger partial charge in [-0.1, -0.05) is 19.3 Å². The lowest BCUT2D eigenvalue weighted by Crippen LogP contribution is -2.41. The number of hydrogen-bond acceptors (Lipinski definition) is 4. The lowest BCUT2D eigenvalue weighted by Gasteiger charge is -2.23. The number of ketones is 1. The van der Waals surface area contributed by atoms with E-state index in [-0.39, 0.29) is 6.04 Å². The molecule has 1 N–H and O–H groups in total. The number of carbonyl (C=O) groups excluding carboxylic acids is 2. The summed E-state index contributed by atoms with van der Waals surface area (Å²) in [5, 5.41) is 12.0. The van der Waals surface area contributed by atoms with Crippen LogP contribution in [0.25, 0.3) is 0 Å². The third-order valence-corrected chi connectivity index (χ3v) is 5.06. The van der Waals surface area contributed by atoms with E-state index < -0.39 is 17.6 Å². The molecule has 0 aliphatic heterocycles. The number of carbonyl (C=O) groups is 2. The summed E-state index contributed by atoms with van der Waals surface area (Å²) < 4.78 is 0.810. The Bertz CT molecular complexity index is 544. The van der Waals surface area contributed by atoms with E-state index in [1.165, 1.54) is 17.8 Å². The summed E-state index contributed by atoms with van der Waals surface area (Å²) in [5.41, 5.74) is 0. The molecule has 1 aromatic heterocycles. The minimum absolute atomic E-state index is 0.106. The molecule has 1 amide bonds. The third kappa shape index (κ3) is 3.68. The molecule has 1 heterocycles. The van der Waals surface area contributed by atoms with Gasteiger partial charge in [0.2, 0.25) is 5.91 Å². The first-order valence-corrected chi connectivity index (χ1v) is 8.22. The van der Waals surface area contributed by atoms with Crippen LogP contribution >= 0.6 is 27.3 Å². The van der Waals surface area contributed by atoms with E-state index in [1.54, 1.807) is 12.1 Å². The van der Waals surface area contributed by atoms with Crippen LogP contribution in [0.5, 0.6) is 0 Å². The van der Waals surface area contributed by atoms with Crippen molar-refractivity contribution in [1.82, 2.24) is 5.32 Å². The largest absolute Gasteiger partial charge is 0.352 e. The molecule has 106 valence electrons. The van der Waals surface area contributed by atoms with Gasteiger partial charge in [-0.3, -0.25) is 9.59 Å². The first-order valence-electron chi connectivity index (χ1n) is 6.61. The van der Waals surface area contributed by atoms with E-state index in [1.807, 2.05) is 6.07 Å². The van der Waals surface area contributed by atoms with E-state index in [2.05, 4.69) is 21.2 Å². The van der Waals surface area contributed by atoms with Crippen molar-refractivity contribution in [3.8, 4) is 6.07 Å². The smallest absolute Gasteiger partial charge is 0.245 e. The Morgan fingerprint density at radius 2 is 2.05 bits per heavy atom. The molecular formula is C14H15BrN2O2S. The molecule has 1 fully saturated rings. The van der Waals surface area contributed by atoms with Crippen LogP contribution in [0.1, 0.15) is 41.8 Å². The average molecular weight is 355 g/mol. The molecule has 0 aromatic carbocycles. The normalized spacial score (nSPS) is 17.2. The van der Waals surface area contributed by atoms with Gasteiger partial charge < -0.3 is 5.32 Å². The number of nitrogens with one attached hydrogen (secondary N) is 1. The van der Waals surface area contributed by atoms with Crippen LogP contribution in [0.4, 0.5) is 0 Å². The van der Waals surface area contributed by atoms with Crippen LogP contribution in [0, 0.1) is 17.2 Å². The molecule has 20 heavy (non-hydrogen) atoms. The number of rotatable bonds is 4. The third-order valence-electron chi connectivity index (χ3n) is 3.42. The van der Waals surface area contributed by atoms with Gasteiger partial charge in [0.05, 0.1) is 14.7 Å². The molecule has 6 heteroatoms. The van der Waals surface area contributed by atoms with Crippen molar-refractivity contribution in [3.63, 3.8) is 0 Å². The molecule has 1 saturated carbocycles. The maximum Gasteiger partial charge on any atom is 0.245 e. The van der Waals surface area contributed by atoms with Crippen molar-refractivity contribution in [3.05, 3.63) is 20.8 Å². The lowest BCUT2D eigenvalue weighted by molar-refractivity contribution is -0.123. The highest BCUT2D eigenvalue weighted by Crippen LogP contribution is 2.25. The van der Waals surface area contributed by atoms with Gasteiger partial charge in [-0.25, -0.2) is 0 Å². The van der Waals surface area contributed by atoms with Gasteiger partial charge in [0.1, 0.15) is 0 Å². The van der Waals surface area contributed by atoms with E-state index in [0.29, 0.717) is 4.88 Å². The molecule has 0 radical (unpaired) electrons. The van der Waals surface area contributed by atoms with Crippen LogP contribution in [0.15, 0.2) is 15.9 Å². The standard InChI is InChI=1S/C14H15BrN2O2S/c15-12-7-6-11(20-12)13(18)10(8-16)14(19)17-9-4-2-1-3-5-9/h6-7,9-10H,1-5H2,(H,17,19). The summed E-state index contributed by atoms with van der Waals surface area (Å²) in [6.45, 7) is 0. The van der Waals surface area contributed by atoms with Gasteiger partial charge in [-0.2, -0.15) is 5.26 Å². The number of amides is 1. The Morgan fingerprint density at radius 3 is 2.60 bits per heavy atom. The van der Waals surface area contributed by atoms with E-state index in [0.717, 1.165) is 29.5 Å². The molecule has 4 nitrogen and oxygen atoms in total. The van der Waals surface area contributed by atoms with Crippen molar-refractivity contribution in [2.24, 2.45) is 5.92 Å². The van der Waals surface area contributed by atoms with Crippen LogP contribution in [0.2, 0.25) is 0 Å². The van der Waals surface area contributed by atoms with Crippen LogP contribution in [-0.4, -0.2) is 17.7 Å². The zero-order chi connectivity index (χ0) is 14.5. The molecule has 2 rings (SSSR count). The van der Waals surface area contributed by atoms with Gasteiger partial charge in [-0.15, -0.1) is 11.3 Å². The Balaban J connectivity index is 2.02. The second-order valence-electron chi connectivity index (χ2n) is 4.87. The summed E-state index contributed by atoms with van der Waals surface area (Å²) >= 11 is 4.51. The zero-order valence-electron chi connectivity index (χ0n) is 10.9. The summed E-state index contributed by atoms with van der Waals surface area (Å²) in [7, 11) is 0. The lowest BCUT2D eigenvalue weighted by atomic mass is 9.94. The number of Topliss-reactive ketones (excluding diaryl/α,β-unsaturated/α-hetero) is 1. The molecular weight excluding hydrogens is 340 g/mol. The summed E-state index contributed by atoms with van der Waals surface area (Å²) in [4.78, 5) is 24.7. The van der Waals surface area contributed by atoms with Crippen LogP contribution in [-0.2, 0) is 4.79 Å². The van der Waals surface area contributed by atoms with Crippen LogP contribution < -0.4 is 5.32 Å². The quantitative estimate of drug-likeness (QED) is 0.666. The number of thiophene rings is 1. The fraction of sp³-hybridized carbons (Fsp3) is 0.500. The SMILES string of the molecule is N#CC(C(=O)NC1CCCCC1)C(=O)c1ccc(Br)s1. The molecule has 1 unspecified atom stereocenters. The first-order chi connectivity index (χ1) is 9.61. The highest BCUT2D eigenvalue weighted by atomic mass is 79.9. The molecule has 0 saturated heterocycles. The van der Waals surface area contributed by atoms with E-state index in [4.69, 9.17) is 5.26 Å². The number of hydrogen-bond donors (Lipinski definition) is 1. The zero-order valence-corrected chi connectivity index (χ0v) is 13.3. The van der Waals surface area contributed by atoms with Crippen molar-refractivity contribution < 1.29 is 9.59 Å². The number of halogens is 1. The minimum Gasteiger partial charge on any atom is -0.352 e. The van der Waals surface area contributed by atoms with E-state index >= 15 is 0 Å². The predicted octanol–water partition coefficient (Wildman–Crippen LogP) is 3.28. The van der Waals surface area contributed by atoms with Crippen molar-refractivity contribution in [2.45, 2.75) is 38.1 Å². The summed E-state index contributed by atoms with van der Waals surface area (Å²) in [6, 6.07) is 5.31. The van der Waals surface area contributed by atoms with Crippen molar-refractivity contribution in [1.29, 1.82) is 5.26 Å². The van der Waals surface area contributed by atoms with Gasteiger partial charge in [-0.05, 0) is 40.9 Å². The molecule has 1 atom stereocenters. The molecule has 1 aliphatic carbocycles. The average Bonchev–Trinajstić information content (AvgIpc) is 2.87. The van der Waals surface area contributed by atoms with E-state index in [9.17, 15) is 9.59 Å². The Labute approximate surface area is 130 Å². The fourth-order valence-corrected chi connectivity index (χ4v) is 3.71. The Kier molecular flexibility index (Phi) is 5.32. The van der Waals surface area contributed by atoms with Gasteiger partial charge in [0, 0.05) is 6.04 Å². The maximum atomic E-state index is 12.2. The highest BCUT2D eigenvalue weighted by molar-refractivity contribution is 9.11. The Hall–Kier alpha value is -1.19. The van der Waals surface area contributed by atoms with Gasteiger partial charge in [0.15, 0.2) is 11.7 Å². The summed E-state index contributed by atoms with van der Waals surface area (Å²) in [6.07, 6.45) is 5.24. The Morgan fingerprint density at radius 1 is 1.35 bits per heavy atom. The number of nitrogens with zero attached hydrogens (tertiary/aromatic N) is 1. The highest BCUT2D eigenvalue weighted by Gasteiger charge is 2.30. The number of nitriles is 1. The topological polar surface area (TPSA) is 70.0 Å². The first kappa shape index (κ1) is 15.2. The molecule has 0 spiro atoms. The van der Waals surface area contributed by atoms with Gasteiger partial charge in [0.25, 0.3) is 0 Å². The van der Waals surface area contributed by atoms with Crippen LogP contribution in [0.3, 0.4) is 0 Å². The minimum atomic E-state index is -1.25. The predicted molar refractivity (Wildman–Crippen MR) is 80.5 cm³/mol.